The second-order valence-electron chi connectivity index (χ2n) is 3.39. The Kier molecular flexibility index (Phi) is 5.15. The fourth-order valence-electron chi connectivity index (χ4n) is 1.38. The predicted molar refractivity (Wildman–Crippen MR) is 69.8 cm³/mol. The maximum Gasteiger partial charge on any atom is 0.338 e. The van der Waals surface area contributed by atoms with Gasteiger partial charge in [0.15, 0.2) is 0 Å². The van der Waals surface area contributed by atoms with Crippen molar-refractivity contribution in [2.45, 2.75) is 18.7 Å². The lowest BCUT2D eigenvalue weighted by molar-refractivity contribution is -0.116. The van der Waals surface area contributed by atoms with E-state index in [9.17, 15) is 9.59 Å². The van der Waals surface area contributed by atoms with Crippen LogP contribution in [0.2, 0.25) is 5.02 Å². The molecule has 0 aliphatic heterocycles. The summed E-state index contributed by atoms with van der Waals surface area (Å²) in [5, 5.41) is 0.368. The fraction of sp³-hybridized carbons (Fsp3) is 0.333. The van der Waals surface area contributed by atoms with Gasteiger partial charge in [0.25, 0.3) is 0 Å². The van der Waals surface area contributed by atoms with Crippen molar-refractivity contribution in [3.05, 3.63) is 34.3 Å². The summed E-state index contributed by atoms with van der Waals surface area (Å²) >= 11 is 9.25. The summed E-state index contributed by atoms with van der Waals surface area (Å²) in [5.74, 6) is -0.598. The number of Topliss-reactive ketones (excluding diaryl/α,β-unsaturated/α-hetero) is 1. The van der Waals surface area contributed by atoms with Gasteiger partial charge in [0.2, 0.25) is 0 Å². The van der Waals surface area contributed by atoms with Gasteiger partial charge in [-0.05, 0) is 26.0 Å². The van der Waals surface area contributed by atoms with Gasteiger partial charge < -0.3 is 4.74 Å². The van der Waals surface area contributed by atoms with E-state index in [1.54, 1.807) is 25.1 Å². The number of rotatable bonds is 4. The van der Waals surface area contributed by atoms with Gasteiger partial charge in [-0.15, -0.1) is 0 Å². The van der Waals surface area contributed by atoms with Crippen LogP contribution in [0.25, 0.3) is 0 Å². The first-order chi connectivity index (χ1) is 7.99. The van der Waals surface area contributed by atoms with E-state index in [1.807, 2.05) is 0 Å². The predicted octanol–water partition coefficient (Wildman–Crippen LogP) is 3.54. The Morgan fingerprint density at radius 3 is 2.65 bits per heavy atom. The highest BCUT2D eigenvalue weighted by Gasteiger charge is 2.23. The maximum atomic E-state index is 11.7. The van der Waals surface area contributed by atoms with E-state index in [4.69, 9.17) is 16.3 Å². The van der Waals surface area contributed by atoms with Crippen molar-refractivity contribution in [1.82, 2.24) is 0 Å². The SMILES string of the molecule is CCOC(=O)c1cccc(Cl)c1C(Br)C(C)=O. The van der Waals surface area contributed by atoms with Crippen LogP contribution in [-0.2, 0) is 9.53 Å². The van der Waals surface area contributed by atoms with Crippen LogP contribution in [0.4, 0.5) is 0 Å². The molecule has 0 aliphatic rings. The van der Waals surface area contributed by atoms with Crippen molar-refractivity contribution >= 4 is 39.3 Å². The molecule has 1 aromatic carbocycles. The van der Waals surface area contributed by atoms with Crippen LogP contribution in [0.1, 0.15) is 34.6 Å². The van der Waals surface area contributed by atoms with Crippen molar-refractivity contribution in [2.24, 2.45) is 0 Å². The summed E-state index contributed by atoms with van der Waals surface area (Å²) in [5.41, 5.74) is 0.775. The number of hydrogen-bond donors (Lipinski definition) is 0. The number of halogens is 2. The minimum absolute atomic E-state index is 0.122. The Morgan fingerprint density at radius 1 is 1.47 bits per heavy atom. The molecule has 5 heteroatoms. The summed E-state index contributed by atoms with van der Waals surface area (Å²) in [4.78, 5) is 22.5. The van der Waals surface area contributed by atoms with Crippen LogP contribution in [0.15, 0.2) is 18.2 Å². The van der Waals surface area contributed by atoms with Crippen LogP contribution in [-0.4, -0.2) is 18.4 Å². The lowest BCUT2D eigenvalue weighted by Crippen LogP contribution is -2.12. The average Bonchev–Trinajstić information content (AvgIpc) is 2.28. The number of esters is 1. The summed E-state index contributed by atoms with van der Waals surface area (Å²) in [7, 11) is 0. The number of ketones is 1. The van der Waals surface area contributed by atoms with Crippen LogP contribution in [0, 0.1) is 0 Å². The number of ether oxygens (including phenoxy) is 1. The van der Waals surface area contributed by atoms with Crippen molar-refractivity contribution < 1.29 is 14.3 Å². The van der Waals surface area contributed by atoms with E-state index in [2.05, 4.69) is 15.9 Å². The molecule has 0 aliphatic carbocycles. The largest absolute Gasteiger partial charge is 0.462 e. The van der Waals surface area contributed by atoms with E-state index in [-0.39, 0.29) is 12.4 Å². The molecule has 0 radical (unpaired) electrons. The highest BCUT2D eigenvalue weighted by Crippen LogP contribution is 2.33. The highest BCUT2D eigenvalue weighted by atomic mass is 79.9. The van der Waals surface area contributed by atoms with Crippen molar-refractivity contribution in [3.63, 3.8) is 0 Å². The zero-order valence-corrected chi connectivity index (χ0v) is 11.8. The van der Waals surface area contributed by atoms with Crippen molar-refractivity contribution in [3.8, 4) is 0 Å². The van der Waals surface area contributed by atoms with Crippen molar-refractivity contribution in [1.29, 1.82) is 0 Å². The molecule has 0 saturated heterocycles. The molecule has 1 atom stereocenters. The first-order valence-electron chi connectivity index (χ1n) is 5.09. The number of benzene rings is 1. The quantitative estimate of drug-likeness (QED) is 0.630. The van der Waals surface area contributed by atoms with Gasteiger partial charge in [-0.25, -0.2) is 4.79 Å². The average molecular weight is 320 g/mol. The van der Waals surface area contributed by atoms with Gasteiger partial charge in [-0.1, -0.05) is 33.6 Å². The third kappa shape index (κ3) is 3.30. The first kappa shape index (κ1) is 14.2. The zero-order chi connectivity index (χ0) is 13.0. The van der Waals surface area contributed by atoms with Crippen LogP contribution in [0.3, 0.4) is 0 Å². The summed E-state index contributed by atoms with van der Waals surface area (Å²) in [6.07, 6.45) is 0. The van der Waals surface area contributed by atoms with E-state index in [0.717, 1.165) is 0 Å². The third-order valence-corrected chi connectivity index (χ3v) is 3.59. The molecule has 1 aromatic rings. The number of carbonyl (C=O) groups is 2. The highest BCUT2D eigenvalue weighted by molar-refractivity contribution is 9.09. The molecule has 0 heterocycles. The molecule has 1 unspecified atom stereocenters. The number of alkyl halides is 1. The maximum absolute atomic E-state index is 11.7. The van der Waals surface area contributed by atoms with Gasteiger partial charge in [0.05, 0.1) is 17.0 Å². The first-order valence-corrected chi connectivity index (χ1v) is 6.38. The standard InChI is InChI=1S/C12H12BrClO3/c1-3-17-12(16)8-5-4-6-9(14)10(8)11(13)7(2)15/h4-6,11H,3H2,1-2H3. The molecule has 3 nitrogen and oxygen atoms in total. The molecular formula is C12H12BrClO3. The molecule has 0 spiro atoms. The van der Waals surface area contributed by atoms with E-state index >= 15 is 0 Å². The molecule has 0 N–H and O–H groups in total. The van der Waals surface area contributed by atoms with Gasteiger partial charge >= 0.3 is 5.97 Å². The molecule has 1 rings (SSSR count). The Balaban J connectivity index is 3.26. The monoisotopic (exact) mass is 318 g/mol. The van der Waals surface area contributed by atoms with Crippen molar-refractivity contribution in [2.75, 3.05) is 6.61 Å². The van der Waals surface area contributed by atoms with E-state index in [0.29, 0.717) is 16.1 Å². The molecule has 0 amide bonds. The smallest absolute Gasteiger partial charge is 0.338 e. The molecule has 0 saturated carbocycles. The Labute approximate surface area is 113 Å². The fourth-order valence-corrected chi connectivity index (χ4v) is 2.29. The lowest BCUT2D eigenvalue weighted by atomic mass is 10.0. The number of carbonyl (C=O) groups excluding carboxylic acids is 2. The molecule has 92 valence electrons. The molecular weight excluding hydrogens is 307 g/mol. The van der Waals surface area contributed by atoms with Gasteiger partial charge in [-0.3, -0.25) is 4.79 Å². The summed E-state index contributed by atoms with van der Waals surface area (Å²) < 4.78 is 4.92. The molecule has 0 aromatic heterocycles. The second-order valence-corrected chi connectivity index (χ2v) is 4.72. The minimum Gasteiger partial charge on any atom is -0.462 e. The van der Waals surface area contributed by atoms with Crippen LogP contribution in [0.5, 0.6) is 0 Å². The Bertz CT molecular complexity index is 445. The molecule has 17 heavy (non-hydrogen) atoms. The number of hydrogen-bond acceptors (Lipinski definition) is 3. The molecule has 0 fully saturated rings. The lowest BCUT2D eigenvalue weighted by Gasteiger charge is -2.13. The second kappa shape index (κ2) is 6.17. The van der Waals surface area contributed by atoms with Gasteiger partial charge in [-0.2, -0.15) is 0 Å². The zero-order valence-electron chi connectivity index (χ0n) is 9.50. The minimum atomic E-state index is -0.601. The summed E-state index contributed by atoms with van der Waals surface area (Å²) in [6.45, 7) is 3.42. The topological polar surface area (TPSA) is 43.4 Å². The van der Waals surface area contributed by atoms with E-state index < -0.39 is 10.8 Å². The normalized spacial score (nSPS) is 12.0. The van der Waals surface area contributed by atoms with Crippen LogP contribution >= 0.6 is 27.5 Å². The summed E-state index contributed by atoms with van der Waals surface area (Å²) in [6, 6.07) is 4.88. The third-order valence-electron chi connectivity index (χ3n) is 2.16. The Morgan fingerprint density at radius 2 is 2.12 bits per heavy atom. The Hall–Kier alpha value is -0.870. The molecule has 0 bridgehead atoms. The van der Waals surface area contributed by atoms with Gasteiger partial charge in [0.1, 0.15) is 5.78 Å². The van der Waals surface area contributed by atoms with E-state index in [1.165, 1.54) is 6.92 Å². The van der Waals surface area contributed by atoms with Crippen LogP contribution < -0.4 is 0 Å². The van der Waals surface area contributed by atoms with Gasteiger partial charge in [0, 0.05) is 10.6 Å².